The van der Waals surface area contributed by atoms with Gasteiger partial charge in [0.15, 0.2) is 0 Å². The van der Waals surface area contributed by atoms with Gasteiger partial charge in [-0.1, -0.05) is 18.2 Å². The second-order valence-corrected chi connectivity index (χ2v) is 10.3. The van der Waals surface area contributed by atoms with Crippen LogP contribution in [0.2, 0.25) is 0 Å². The molecule has 1 amide bonds. The first-order valence-electron chi connectivity index (χ1n) is 10.5. The van der Waals surface area contributed by atoms with Gasteiger partial charge in [-0.2, -0.15) is 0 Å². The van der Waals surface area contributed by atoms with Crippen LogP contribution in [0.15, 0.2) is 47.4 Å². The van der Waals surface area contributed by atoms with E-state index in [0.717, 1.165) is 18.4 Å². The van der Waals surface area contributed by atoms with Crippen LogP contribution in [0.4, 0.5) is 5.69 Å². The number of hydrogen-bond acceptors (Lipinski definition) is 4. The Morgan fingerprint density at radius 2 is 1.87 bits per heavy atom. The van der Waals surface area contributed by atoms with Crippen LogP contribution in [-0.4, -0.2) is 32.5 Å². The van der Waals surface area contributed by atoms with Crippen molar-refractivity contribution in [1.29, 1.82) is 0 Å². The summed E-state index contributed by atoms with van der Waals surface area (Å²) in [6.45, 7) is 5.64. The van der Waals surface area contributed by atoms with Crippen molar-refractivity contribution in [3.63, 3.8) is 0 Å². The molecule has 6 nitrogen and oxygen atoms in total. The molecule has 0 radical (unpaired) electrons. The molecule has 160 valence electrons. The first-order valence-corrected chi connectivity index (χ1v) is 12.0. The lowest BCUT2D eigenvalue weighted by Gasteiger charge is -2.27. The number of nitrogens with one attached hydrogen (secondary N) is 3. The number of rotatable bonds is 6. The minimum Gasteiger partial charge on any atom is -0.322 e. The van der Waals surface area contributed by atoms with Gasteiger partial charge in [-0.3, -0.25) is 4.79 Å². The van der Waals surface area contributed by atoms with E-state index in [1.807, 2.05) is 32.0 Å². The Hall–Kier alpha value is -2.22. The molecule has 0 saturated carbocycles. The van der Waals surface area contributed by atoms with Gasteiger partial charge in [0.1, 0.15) is 0 Å². The van der Waals surface area contributed by atoms with E-state index in [1.165, 1.54) is 6.42 Å². The molecular formula is C23H29N3O3S. The van der Waals surface area contributed by atoms with Gasteiger partial charge in [-0.15, -0.1) is 0 Å². The molecule has 7 heteroatoms. The van der Waals surface area contributed by atoms with Crippen molar-refractivity contribution in [2.75, 3.05) is 5.32 Å². The van der Waals surface area contributed by atoms with Crippen LogP contribution >= 0.6 is 0 Å². The molecule has 2 aromatic carbocycles. The third-order valence-electron chi connectivity index (χ3n) is 6.48. The van der Waals surface area contributed by atoms with Crippen molar-refractivity contribution in [3.05, 3.63) is 59.2 Å². The molecular weight excluding hydrogens is 398 g/mol. The molecule has 2 aliphatic heterocycles. The van der Waals surface area contributed by atoms with Crippen LogP contribution in [0.3, 0.4) is 0 Å². The van der Waals surface area contributed by atoms with Crippen molar-refractivity contribution in [1.82, 2.24) is 10.0 Å². The number of amides is 1. The molecule has 2 aromatic rings. The molecule has 3 N–H and O–H groups in total. The zero-order valence-electron chi connectivity index (χ0n) is 17.6. The summed E-state index contributed by atoms with van der Waals surface area (Å²) < 4.78 is 28.7. The molecule has 0 aliphatic carbocycles. The Balaban J connectivity index is 1.46. The number of carbonyl (C=O) groups excluding carboxylic acids is 1. The third-order valence-corrected chi connectivity index (χ3v) is 8.04. The summed E-state index contributed by atoms with van der Waals surface area (Å²) in [5.74, 6) is 0.120. The molecule has 2 bridgehead atoms. The fourth-order valence-corrected chi connectivity index (χ4v) is 6.16. The average Bonchev–Trinajstić information content (AvgIpc) is 3.33. The van der Waals surface area contributed by atoms with Crippen molar-refractivity contribution in [2.24, 2.45) is 5.92 Å². The van der Waals surface area contributed by atoms with Gasteiger partial charge in [0, 0.05) is 29.4 Å². The second-order valence-electron chi connectivity index (χ2n) is 8.60. The summed E-state index contributed by atoms with van der Waals surface area (Å²) in [4.78, 5) is 12.8. The number of sulfonamides is 1. The minimum atomic E-state index is -3.63. The predicted molar refractivity (Wildman–Crippen MR) is 118 cm³/mol. The average molecular weight is 428 g/mol. The van der Waals surface area contributed by atoms with Gasteiger partial charge in [-0.05, 0) is 81.3 Å². The zero-order chi connectivity index (χ0) is 21.5. The first-order chi connectivity index (χ1) is 14.2. The zero-order valence-corrected chi connectivity index (χ0v) is 18.4. The van der Waals surface area contributed by atoms with E-state index in [4.69, 9.17) is 0 Å². The van der Waals surface area contributed by atoms with Gasteiger partial charge < -0.3 is 10.6 Å². The summed E-state index contributed by atoms with van der Waals surface area (Å²) in [7, 11) is -3.63. The molecule has 2 aliphatic rings. The van der Waals surface area contributed by atoms with E-state index >= 15 is 0 Å². The van der Waals surface area contributed by atoms with E-state index in [1.54, 1.807) is 31.2 Å². The Bertz CT molecular complexity index is 1070. The number of hydrogen-bond donors (Lipinski definition) is 3. The minimum absolute atomic E-state index is 0.126. The number of benzene rings is 2. The van der Waals surface area contributed by atoms with E-state index in [-0.39, 0.29) is 16.8 Å². The maximum Gasteiger partial charge on any atom is 0.255 e. The summed E-state index contributed by atoms with van der Waals surface area (Å²) in [6, 6.07) is 13.0. The lowest BCUT2D eigenvalue weighted by atomic mass is 9.85. The molecule has 4 rings (SSSR count). The van der Waals surface area contributed by atoms with E-state index < -0.39 is 10.0 Å². The van der Waals surface area contributed by atoms with Gasteiger partial charge >= 0.3 is 0 Å². The molecule has 2 heterocycles. The van der Waals surface area contributed by atoms with Gasteiger partial charge in [0.25, 0.3) is 5.91 Å². The van der Waals surface area contributed by atoms with Crippen LogP contribution in [0.1, 0.15) is 47.7 Å². The predicted octanol–water partition coefficient (Wildman–Crippen LogP) is 3.36. The fraction of sp³-hybridized carbons (Fsp3) is 0.435. The van der Waals surface area contributed by atoms with Gasteiger partial charge in [0.05, 0.1) is 4.90 Å². The van der Waals surface area contributed by atoms with Crippen molar-refractivity contribution < 1.29 is 13.2 Å². The highest BCUT2D eigenvalue weighted by atomic mass is 32.2. The first kappa shape index (κ1) is 21.0. The van der Waals surface area contributed by atoms with Crippen molar-refractivity contribution in [3.8, 4) is 0 Å². The van der Waals surface area contributed by atoms with Crippen LogP contribution in [0.25, 0.3) is 0 Å². The SMILES string of the molecule is Cc1cc(S(=O)(=O)NC(C)[C@H]2CC3CC[C@H]2N3)ccc1NC(=O)c1ccccc1C. The summed E-state index contributed by atoms with van der Waals surface area (Å²) in [5.41, 5.74) is 2.80. The Morgan fingerprint density at radius 3 is 2.50 bits per heavy atom. The Morgan fingerprint density at radius 1 is 1.10 bits per heavy atom. The standard InChI is InChI=1S/C23H29N3O3S/c1-14-6-4-5-7-19(14)23(27)25-21-11-9-18(12-15(21)2)30(28,29)26-16(3)20-13-17-8-10-22(20)24-17/h4-7,9,11-12,16-17,20,22,24,26H,8,10,13H2,1-3H3,(H,25,27)/t16?,17?,20-,22-/m1/s1. The monoisotopic (exact) mass is 427 g/mol. The lowest BCUT2D eigenvalue weighted by molar-refractivity contribution is 0.102. The molecule has 0 aromatic heterocycles. The lowest BCUT2D eigenvalue weighted by Crippen LogP contribution is -2.42. The largest absolute Gasteiger partial charge is 0.322 e. The molecule has 2 fully saturated rings. The van der Waals surface area contributed by atoms with Crippen LogP contribution in [0.5, 0.6) is 0 Å². The number of anilines is 1. The summed E-state index contributed by atoms with van der Waals surface area (Å²) in [6.07, 6.45) is 3.34. The second kappa shape index (κ2) is 8.13. The normalized spacial score (nSPS) is 24.0. The molecule has 2 unspecified atom stereocenters. The van der Waals surface area contributed by atoms with Crippen LogP contribution in [-0.2, 0) is 10.0 Å². The Kier molecular flexibility index (Phi) is 5.70. The number of aryl methyl sites for hydroxylation is 2. The van der Waals surface area contributed by atoms with Crippen LogP contribution in [0, 0.1) is 19.8 Å². The van der Waals surface area contributed by atoms with E-state index in [0.29, 0.717) is 34.8 Å². The highest BCUT2D eigenvalue weighted by molar-refractivity contribution is 7.89. The topological polar surface area (TPSA) is 87.3 Å². The third kappa shape index (κ3) is 4.15. The molecule has 30 heavy (non-hydrogen) atoms. The maximum atomic E-state index is 12.9. The quantitative estimate of drug-likeness (QED) is 0.660. The van der Waals surface area contributed by atoms with E-state index in [2.05, 4.69) is 15.4 Å². The highest BCUT2D eigenvalue weighted by Crippen LogP contribution is 2.35. The molecule has 4 atom stereocenters. The molecule has 0 spiro atoms. The smallest absolute Gasteiger partial charge is 0.255 e. The Labute approximate surface area is 178 Å². The maximum absolute atomic E-state index is 12.9. The summed E-state index contributed by atoms with van der Waals surface area (Å²) in [5, 5.41) is 6.45. The number of carbonyl (C=O) groups is 1. The highest BCUT2D eigenvalue weighted by Gasteiger charge is 2.42. The van der Waals surface area contributed by atoms with Crippen molar-refractivity contribution >= 4 is 21.6 Å². The molecule has 2 saturated heterocycles. The van der Waals surface area contributed by atoms with Crippen LogP contribution < -0.4 is 15.4 Å². The fourth-order valence-electron chi connectivity index (χ4n) is 4.78. The summed E-state index contributed by atoms with van der Waals surface area (Å²) >= 11 is 0. The van der Waals surface area contributed by atoms with Gasteiger partial charge in [0.2, 0.25) is 10.0 Å². The number of fused-ring (bicyclic) bond motifs is 2. The van der Waals surface area contributed by atoms with Gasteiger partial charge in [-0.25, -0.2) is 13.1 Å². The van der Waals surface area contributed by atoms with E-state index in [9.17, 15) is 13.2 Å². The van der Waals surface area contributed by atoms with Crippen molar-refractivity contribution in [2.45, 2.75) is 63.1 Å².